The molecule has 0 saturated heterocycles. The van der Waals surface area contributed by atoms with Crippen molar-refractivity contribution in [2.24, 2.45) is 5.41 Å². The molecule has 2 unspecified atom stereocenters. The quantitative estimate of drug-likeness (QED) is 0.876. The summed E-state index contributed by atoms with van der Waals surface area (Å²) in [7, 11) is 0. The zero-order valence-corrected chi connectivity index (χ0v) is 12.1. The SMILES string of the molecule is CCNC(C)c1ncc(C2CCCCC2(C)C)o1. The van der Waals surface area contributed by atoms with Crippen LogP contribution >= 0.6 is 0 Å². The average molecular weight is 250 g/mol. The van der Waals surface area contributed by atoms with Gasteiger partial charge in [0.1, 0.15) is 5.76 Å². The molecule has 1 aliphatic rings. The Bertz CT molecular complexity index is 384. The second kappa shape index (κ2) is 5.43. The Hall–Kier alpha value is -0.830. The number of aromatic nitrogens is 1. The number of hydrogen-bond donors (Lipinski definition) is 1. The highest BCUT2D eigenvalue weighted by Gasteiger charge is 2.35. The predicted molar refractivity (Wildman–Crippen MR) is 73.6 cm³/mol. The fourth-order valence-electron chi connectivity index (χ4n) is 3.08. The molecule has 3 nitrogen and oxygen atoms in total. The van der Waals surface area contributed by atoms with Crippen LogP contribution in [-0.4, -0.2) is 11.5 Å². The lowest BCUT2D eigenvalue weighted by Crippen LogP contribution is -2.25. The highest BCUT2D eigenvalue weighted by atomic mass is 16.4. The van der Waals surface area contributed by atoms with Crippen LogP contribution in [0.3, 0.4) is 0 Å². The second-order valence-electron chi connectivity index (χ2n) is 6.17. The number of nitrogens with zero attached hydrogens (tertiary/aromatic N) is 1. The molecule has 3 heteroatoms. The largest absolute Gasteiger partial charge is 0.444 e. The molecule has 1 N–H and O–H groups in total. The molecule has 1 aromatic heterocycles. The number of oxazole rings is 1. The van der Waals surface area contributed by atoms with Gasteiger partial charge in [-0.15, -0.1) is 0 Å². The Morgan fingerprint density at radius 2 is 2.28 bits per heavy atom. The fourth-order valence-corrected chi connectivity index (χ4v) is 3.08. The van der Waals surface area contributed by atoms with E-state index in [0.29, 0.717) is 11.3 Å². The maximum Gasteiger partial charge on any atom is 0.211 e. The van der Waals surface area contributed by atoms with Crippen LogP contribution in [0, 0.1) is 5.41 Å². The first-order valence-corrected chi connectivity index (χ1v) is 7.23. The fraction of sp³-hybridized carbons (Fsp3) is 0.800. The van der Waals surface area contributed by atoms with Crippen LogP contribution in [-0.2, 0) is 0 Å². The number of nitrogens with one attached hydrogen (secondary N) is 1. The minimum atomic E-state index is 0.204. The molecule has 0 aromatic carbocycles. The van der Waals surface area contributed by atoms with Crippen LogP contribution in [0.2, 0.25) is 0 Å². The Labute approximate surface area is 110 Å². The van der Waals surface area contributed by atoms with Crippen molar-refractivity contribution in [1.82, 2.24) is 10.3 Å². The molecule has 1 aliphatic carbocycles. The van der Waals surface area contributed by atoms with Crippen LogP contribution in [0.5, 0.6) is 0 Å². The third kappa shape index (κ3) is 2.77. The first kappa shape index (κ1) is 13.6. The first-order valence-electron chi connectivity index (χ1n) is 7.23. The molecule has 102 valence electrons. The normalized spacial score (nSPS) is 25.0. The first-order chi connectivity index (χ1) is 8.54. The summed E-state index contributed by atoms with van der Waals surface area (Å²) in [6.45, 7) is 9.85. The molecule has 1 fully saturated rings. The topological polar surface area (TPSA) is 38.1 Å². The zero-order valence-electron chi connectivity index (χ0n) is 12.1. The van der Waals surface area contributed by atoms with E-state index in [-0.39, 0.29) is 6.04 Å². The standard InChI is InChI=1S/C15H26N2O/c1-5-16-11(2)14-17-10-13(18-14)12-8-6-7-9-15(12,3)4/h10-12,16H,5-9H2,1-4H3. The Balaban J connectivity index is 2.13. The van der Waals surface area contributed by atoms with Crippen LogP contribution in [0.4, 0.5) is 0 Å². The Morgan fingerprint density at radius 3 is 2.94 bits per heavy atom. The molecular weight excluding hydrogens is 224 g/mol. The van der Waals surface area contributed by atoms with Gasteiger partial charge in [0.25, 0.3) is 0 Å². The van der Waals surface area contributed by atoms with Crippen LogP contribution < -0.4 is 5.32 Å². The van der Waals surface area contributed by atoms with Gasteiger partial charge in [0, 0.05) is 5.92 Å². The van der Waals surface area contributed by atoms with Crippen LogP contribution in [0.1, 0.15) is 77.0 Å². The molecule has 0 aliphatic heterocycles. The van der Waals surface area contributed by atoms with Crippen molar-refractivity contribution in [1.29, 1.82) is 0 Å². The molecule has 2 atom stereocenters. The molecule has 0 spiro atoms. The number of hydrogen-bond acceptors (Lipinski definition) is 3. The summed E-state index contributed by atoms with van der Waals surface area (Å²) in [6.07, 6.45) is 7.12. The highest BCUT2D eigenvalue weighted by molar-refractivity contribution is 5.09. The minimum absolute atomic E-state index is 0.204. The van der Waals surface area contributed by atoms with Crippen molar-refractivity contribution >= 4 is 0 Å². The summed E-state index contributed by atoms with van der Waals surface area (Å²) in [5.74, 6) is 2.44. The van der Waals surface area contributed by atoms with Crippen LogP contribution in [0.25, 0.3) is 0 Å². The summed E-state index contributed by atoms with van der Waals surface area (Å²) in [5.41, 5.74) is 0.344. The maximum atomic E-state index is 6.00. The molecule has 2 rings (SSSR count). The number of rotatable bonds is 4. The van der Waals surface area contributed by atoms with Crippen molar-refractivity contribution in [3.8, 4) is 0 Å². The zero-order chi connectivity index (χ0) is 13.2. The summed E-state index contributed by atoms with van der Waals surface area (Å²) in [4.78, 5) is 4.45. The van der Waals surface area contributed by atoms with Gasteiger partial charge < -0.3 is 9.73 Å². The van der Waals surface area contributed by atoms with E-state index in [4.69, 9.17) is 4.42 Å². The summed E-state index contributed by atoms with van der Waals surface area (Å²) < 4.78 is 6.00. The van der Waals surface area contributed by atoms with E-state index in [9.17, 15) is 0 Å². The molecule has 0 radical (unpaired) electrons. The highest BCUT2D eigenvalue weighted by Crippen LogP contribution is 2.46. The van der Waals surface area contributed by atoms with E-state index in [1.54, 1.807) is 0 Å². The summed E-state index contributed by atoms with van der Waals surface area (Å²) >= 11 is 0. The average Bonchev–Trinajstić information content (AvgIpc) is 2.78. The molecule has 1 aromatic rings. The smallest absolute Gasteiger partial charge is 0.211 e. The van der Waals surface area contributed by atoms with E-state index in [1.807, 2.05) is 6.20 Å². The third-order valence-electron chi connectivity index (χ3n) is 4.27. The lowest BCUT2D eigenvalue weighted by atomic mass is 9.68. The molecule has 1 saturated carbocycles. The summed E-state index contributed by atoms with van der Waals surface area (Å²) in [6, 6.07) is 0.204. The van der Waals surface area contributed by atoms with Crippen molar-refractivity contribution < 1.29 is 4.42 Å². The van der Waals surface area contributed by atoms with Gasteiger partial charge in [-0.1, -0.05) is 33.6 Å². The van der Waals surface area contributed by atoms with Gasteiger partial charge in [0.2, 0.25) is 5.89 Å². The molecule has 0 bridgehead atoms. The molecule has 1 heterocycles. The van der Waals surface area contributed by atoms with Gasteiger partial charge in [0.15, 0.2) is 0 Å². The minimum Gasteiger partial charge on any atom is -0.444 e. The molecule has 0 amide bonds. The van der Waals surface area contributed by atoms with Gasteiger partial charge in [0.05, 0.1) is 12.2 Å². The lowest BCUT2D eigenvalue weighted by Gasteiger charge is -2.37. The molecular formula is C15H26N2O. The van der Waals surface area contributed by atoms with Crippen LogP contribution in [0.15, 0.2) is 10.6 Å². The summed E-state index contributed by atoms with van der Waals surface area (Å²) in [5, 5.41) is 3.34. The maximum absolute atomic E-state index is 6.00. The van der Waals surface area contributed by atoms with Gasteiger partial charge >= 0.3 is 0 Å². The van der Waals surface area contributed by atoms with E-state index < -0.39 is 0 Å². The third-order valence-corrected chi connectivity index (χ3v) is 4.27. The van der Waals surface area contributed by atoms with Crippen molar-refractivity contribution in [2.75, 3.05) is 6.54 Å². The lowest BCUT2D eigenvalue weighted by molar-refractivity contribution is 0.175. The Morgan fingerprint density at radius 1 is 1.50 bits per heavy atom. The second-order valence-corrected chi connectivity index (χ2v) is 6.17. The van der Waals surface area contributed by atoms with Gasteiger partial charge in [-0.3, -0.25) is 0 Å². The van der Waals surface area contributed by atoms with E-state index in [0.717, 1.165) is 18.2 Å². The Kier molecular flexibility index (Phi) is 4.10. The predicted octanol–water partition coefficient (Wildman–Crippen LogP) is 4.03. The monoisotopic (exact) mass is 250 g/mol. The van der Waals surface area contributed by atoms with Gasteiger partial charge in [-0.2, -0.15) is 0 Å². The van der Waals surface area contributed by atoms with E-state index >= 15 is 0 Å². The van der Waals surface area contributed by atoms with Crippen molar-refractivity contribution in [2.45, 2.75) is 65.3 Å². The molecule has 18 heavy (non-hydrogen) atoms. The van der Waals surface area contributed by atoms with Crippen molar-refractivity contribution in [3.63, 3.8) is 0 Å². The van der Waals surface area contributed by atoms with Crippen molar-refractivity contribution in [3.05, 3.63) is 17.8 Å². The van der Waals surface area contributed by atoms with E-state index in [2.05, 4.69) is 38.0 Å². The van der Waals surface area contributed by atoms with Gasteiger partial charge in [-0.05, 0) is 31.7 Å². The van der Waals surface area contributed by atoms with Gasteiger partial charge in [-0.25, -0.2) is 4.98 Å². The van der Waals surface area contributed by atoms with E-state index in [1.165, 1.54) is 25.7 Å².